The molecule has 23 heavy (non-hydrogen) atoms. The number of nitrogens with one attached hydrogen (secondary N) is 1. The van der Waals surface area contributed by atoms with E-state index in [0.717, 1.165) is 0 Å². The summed E-state index contributed by atoms with van der Waals surface area (Å²) >= 11 is 0. The SMILES string of the molecule is CCN(CC)S(=O)(=O)c1ccc(NC(=O)c2cc(C)on2)cc1. The molecular formula is C15H19N3O4S. The van der Waals surface area contributed by atoms with Crippen molar-refractivity contribution in [2.75, 3.05) is 18.4 Å². The molecule has 2 aromatic rings. The summed E-state index contributed by atoms with van der Waals surface area (Å²) in [4.78, 5) is 12.1. The molecule has 0 aliphatic heterocycles. The maximum atomic E-state index is 12.4. The highest BCUT2D eigenvalue weighted by atomic mass is 32.2. The van der Waals surface area contributed by atoms with E-state index >= 15 is 0 Å². The Balaban J connectivity index is 2.15. The number of sulfonamides is 1. The molecule has 1 aromatic carbocycles. The number of rotatable bonds is 6. The molecule has 0 spiro atoms. The Labute approximate surface area is 135 Å². The number of anilines is 1. The molecule has 0 unspecified atom stereocenters. The van der Waals surface area contributed by atoms with Gasteiger partial charge in [0.2, 0.25) is 10.0 Å². The van der Waals surface area contributed by atoms with E-state index in [1.165, 1.54) is 22.5 Å². The second-order valence-corrected chi connectivity index (χ2v) is 6.83. The molecule has 1 N–H and O–H groups in total. The molecule has 1 aromatic heterocycles. The van der Waals surface area contributed by atoms with E-state index < -0.39 is 15.9 Å². The lowest BCUT2D eigenvalue weighted by molar-refractivity contribution is 0.101. The van der Waals surface area contributed by atoms with Gasteiger partial charge >= 0.3 is 0 Å². The van der Waals surface area contributed by atoms with E-state index in [9.17, 15) is 13.2 Å². The maximum absolute atomic E-state index is 12.4. The van der Waals surface area contributed by atoms with Crippen LogP contribution in [0.2, 0.25) is 0 Å². The predicted octanol–water partition coefficient (Wildman–Crippen LogP) is 2.27. The van der Waals surface area contributed by atoms with E-state index in [1.54, 1.807) is 32.9 Å². The third-order valence-electron chi connectivity index (χ3n) is 3.32. The van der Waals surface area contributed by atoms with Gasteiger partial charge in [-0.1, -0.05) is 19.0 Å². The van der Waals surface area contributed by atoms with Crippen LogP contribution >= 0.6 is 0 Å². The van der Waals surface area contributed by atoms with Gasteiger partial charge in [0.05, 0.1) is 4.90 Å². The molecule has 1 heterocycles. The molecule has 0 aliphatic carbocycles. The average molecular weight is 337 g/mol. The summed E-state index contributed by atoms with van der Waals surface area (Å²) in [5.74, 6) is 0.122. The van der Waals surface area contributed by atoms with E-state index in [2.05, 4.69) is 10.5 Å². The van der Waals surface area contributed by atoms with Crippen LogP contribution in [0, 0.1) is 6.92 Å². The van der Waals surface area contributed by atoms with Crippen molar-refractivity contribution < 1.29 is 17.7 Å². The normalized spacial score (nSPS) is 11.7. The first kappa shape index (κ1) is 17.2. The molecule has 7 nitrogen and oxygen atoms in total. The minimum atomic E-state index is -3.50. The third kappa shape index (κ3) is 3.77. The minimum absolute atomic E-state index is 0.169. The van der Waals surface area contributed by atoms with Crippen molar-refractivity contribution in [1.29, 1.82) is 0 Å². The van der Waals surface area contributed by atoms with Crippen molar-refractivity contribution in [1.82, 2.24) is 9.46 Å². The van der Waals surface area contributed by atoms with Crippen molar-refractivity contribution >= 4 is 21.6 Å². The third-order valence-corrected chi connectivity index (χ3v) is 5.38. The topological polar surface area (TPSA) is 92.5 Å². The second kappa shape index (κ2) is 6.93. The highest BCUT2D eigenvalue weighted by Gasteiger charge is 2.21. The number of carbonyl (C=O) groups excluding carboxylic acids is 1. The van der Waals surface area contributed by atoms with Crippen LogP contribution in [0.15, 0.2) is 39.8 Å². The molecule has 124 valence electrons. The number of aromatic nitrogens is 1. The van der Waals surface area contributed by atoms with Crippen LogP contribution in [0.1, 0.15) is 30.1 Å². The van der Waals surface area contributed by atoms with Crippen LogP contribution in [-0.4, -0.2) is 36.9 Å². The molecule has 0 aliphatic rings. The van der Waals surface area contributed by atoms with Crippen LogP contribution in [0.25, 0.3) is 0 Å². The zero-order valence-corrected chi connectivity index (χ0v) is 14.1. The maximum Gasteiger partial charge on any atom is 0.277 e. The molecule has 8 heteroatoms. The average Bonchev–Trinajstić information content (AvgIpc) is 2.95. The fraction of sp³-hybridized carbons (Fsp3) is 0.333. The second-order valence-electron chi connectivity index (χ2n) is 4.89. The Morgan fingerprint density at radius 2 is 1.83 bits per heavy atom. The van der Waals surface area contributed by atoms with Gasteiger partial charge in [-0.15, -0.1) is 0 Å². The molecule has 0 radical (unpaired) electrons. The number of amides is 1. The molecule has 2 rings (SSSR count). The van der Waals surface area contributed by atoms with Crippen molar-refractivity contribution in [2.45, 2.75) is 25.7 Å². The van der Waals surface area contributed by atoms with Gasteiger partial charge in [-0.25, -0.2) is 8.42 Å². The number of benzene rings is 1. The number of aryl methyl sites for hydroxylation is 1. The summed E-state index contributed by atoms with van der Waals surface area (Å²) in [6, 6.07) is 7.55. The molecule has 0 atom stereocenters. The van der Waals surface area contributed by atoms with Crippen LogP contribution in [0.4, 0.5) is 5.69 Å². The standard InChI is InChI=1S/C15H19N3O4S/c1-4-18(5-2)23(20,21)13-8-6-12(7-9-13)16-15(19)14-10-11(3)22-17-14/h6-10H,4-5H2,1-3H3,(H,16,19). The summed E-state index contributed by atoms with van der Waals surface area (Å²) in [5, 5.41) is 6.26. The number of hydrogen-bond donors (Lipinski definition) is 1. The van der Waals surface area contributed by atoms with Crippen LogP contribution in [-0.2, 0) is 10.0 Å². The molecule has 0 saturated carbocycles. The van der Waals surface area contributed by atoms with Gasteiger partial charge in [-0.3, -0.25) is 4.79 Å². The molecular weight excluding hydrogens is 318 g/mol. The Morgan fingerprint density at radius 3 is 2.30 bits per heavy atom. The summed E-state index contributed by atoms with van der Waals surface area (Å²) in [7, 11) is -3.50. The van der Waals surface area contributed by atoms with E-state index in [4.69, 9.17) is 4.52 Å². The largest absolute Gasteiger partial charge is 0.361 e. The van der Waals surface area contributed by atoms with E-state index in [0.29, 0.717) is 24.5 Å². The number of nitrogens with zero attached hydrogens (tertiary/aromatic N) is 2. The Morgan fingerprint density at radius 1 is 1.22 bits per heavy atom. The quantitative estimate of drug-likeness (QED) is 0.873. The highest BCUT2D eigenvalue weighted by Crippen LogP contribution is 2.18. The summed E-state index contributed by atoms with van der Waals surface area (Å²) in [6.07, 6.45) is 0. The lowest BCUT2D eigenvalue weighted by atomic mass is 10.3. The van der Waals surface area contributed by atoms with Gasteiger partial charge in [0.15, 0.2) is 5.69 Å². The molecule has 1 amide bonds. The van der Waals surface area contributed by atoms with Crippen molar-refractivity contribution in [3.63, 3.8) is 0 Å². The number of hydrogen-bond acceptors (Lipinski definition) is 5. The van der Waals surface area contributed by atoms with Crippen LogP contribution < -0.4 is 5.32 Å². The minimum Gasteiger partial charge on any atom is -0.361 e. The van der Waals surface area contributed by atoms with E-state index in [-0.39, 0.29) is 10.6 Å². The van der Waals surface area contributed by atoms with E-state index in [1.807, 2.05) is 0 Å². The monoisotopic (exact) mass is 337 g/mol. The highest BCUT2D eigenvalue weighted by molar-refractivity contribution is 7.89. The van der Waals surface area contributed by atoms with Gasteiger partial charge in [-0.2, -0.15) is 4.31 Å². The molecule has 0 fully saturated rings. The molecule has 0 bridgehead atoms. The fourth-order valence-corrected chi connectivity index (χ4v) is 3.55. The zero-order chi connectivity index (χ0) is 17.0. The first-order chi connectivity index (χ1) is 10.9. The van der Waals surface area contributed by atoms with Gasteiger partial charge in [0.25, 0.3) is 5.91 Å². The van der Waals surface area contributed by atoms with Gasteiger partial charge in [-0.05, 0) is 31.2 Å². The van der Waals surface area contributed by atoms with Crippen LogP contribution in [0.5, 0.6) is 0 Å². The molecule has 0 saturated heterocycles. The summed E-state index contributed by atoms with van der Waals surface area (Å²) in [6.45, 7) is 6.08. The van der Waals surface area contributed by atoms with Crippen molar-refractivity contribution in [3.05, 3.63) is 41.8 Å². The Bertz CT molecular complexity index is 777. The van der Waals surface area contributed by atoms with Gasteiger partial charge in [0.1, 0.15) is 5.76 Å². The smallest absolute Gasteiger partial charge is 0.277 e. The number of carbonyl (C=O) groups is 1. The Kier molecular flexibility index (Phi) is 5.17. The Hall–Kier alpha value is -2.19. The van der Waals surface area contributed by atoms with Crippen LogP contribution in [0.3, 0.4) is 0 Å². The summed E-state index contributed by atoms with van der Waals surface area (Å²) in [5.41, 5.74) is 0.650. The van der Waals surface area contributed by atoms with Crippen molar-refractivity contribution in [2.24, 2.45) is 0 Å². The predicted molar refractivity (Wildman–Crippen MR) is 85.7 cm³/mol. The van der Waals surface area contributed by atoms with Crippen molar-refractivity contribution in [3.8, 4) is 0 Å². The van der Waals surface area contributed by atoms with Gasteiger partial charge < -0.3 is 9.84 Å². The summed E-state index contributed by atoms with van der Waals surface area (Å²) < 4.78 is 31.0. The fourth-order valence-electron chi connectivity index (χ4n) is 2.09. The van der Waals surface area contributed by atoms with Gasteiger partial charge in [0, 0.05) is 24.8 Å². The lowest BCUT2D eigenvalue weighted by Gasteiger charge is -2.18. The zero-order valence-electron chi connectivity index (χ0n) is 13.2. The first-order valence-corrected chi connectivity index (χ1v) is 8.67. The lowest BCUT2D eigenvalue weighted by Crippen LogP contribution is -2.30. The first-order valence-electron chi connectivity index (χ1n) is 7.23.